The van der Waals surface area contributed by atoms with E-state index in [1.807, 2.05) is 6.92 Å². The minimum atomic E-state index is -3.28. The number of hydrogen-bond donors (Lipinski definition) is 3. The number of urea groups is 1. The van der Waals surface area contributed by atoms with Crippen LogP contribution in [0.15, 0.2) is 0 Å². The van der Waals surface area contributed by atoms with Crippen molar-refractivity contribution in [3.8, 4) is 0 Å². The number of carboxylic acids is 1. The summed E-state index contributed by atoms with van der Waals surface area (Å²) >= 11 is 0. The highest BCUT2D eigenvalue weighted by Gasteiger charge is 2.22. The van der Waals surface area contributed by atoms with Gasteiger partial charge in [0.05, 0.1) is 18.4 Å². The maximum absolute atomic E-state index is 11.6. The molecule has 0 bridgehead atoms. The van der Waals surface area contributed by atoms with E-state index in [1.54, 1.807) is 0 Å². The van der Waals surface area contributed by atoms with Gasteiger partial charge in [-0.2, -0.15) is 0 Å². The molecule has 2 unspecified atom stereocenters. The lowest BCUT2D eigenvalue weighted by molar-refractivity contribution is -0.139. The SMILES string of the molecule is CCC(COC)NC(=O)NC(CCS(C)(=O)=O)C(=O)O. The van der Waals surface area contributed by atoms with Gasteiger partial charge in [-0.05, 0) is 12.8 Å². The predicted molar refractivity (Wildman–Crippen MR) is 73.4 cm³/mol. The van der Waals surface area contributed by atoms with Crippen molar-refractivity contribution in [3.05, 3.63) is 0 Å². The standard InChI is InChI=1S/C11H22N2O6S/c1-4-8(7-19-2)12-11(16)13-9(10(14)15)5-6-20(3,17)18/h8-9H,4-7H2,1-3H3,(H,14,15)(H2,12,13,16). The molecular weight excluding hydrogens is 288 g/mol. The van der Waals surface area contributed by atoms with Gasteiger partial charge in [-0.3, -0.25) is 0 Å². The van der Waals surface area contributed by atoms with Crippen LogP contribution in [0.4, 0.5) is 4.79 Å². The smallest absolute Gasteiger partial charge is 0.326 e. The molecule has 0 radical (unpaired) electrons. The van der Waals surface area contributed by atoms with Crippen LogP contribution in [0.3, 0.4) is 0 Å². The van der Waals surface area contributed by atoms with Crippen LogP contribution in [0.1, 0.15) is 19.8 Å². The second-order valence-electron chi connectivity index (χ2n) is 4.49. The van der Waals surface area contributed by atoms with Crippen molar-refractivity contribution >= 4 is 21.8 Å². The highest BCUT2D eigenvalue weighted by molar-refractivity contribution is 7.90. The summed E-state index contributed by atoms with van der Waals surface area (Å²) in [7, 11) is -1.79. The number of aliphatic carboxylic acids is 1. The number of methoxy groups -OCH3 is 1. The zero-order valence-electron chi connectivity index (χ0n) is 11.9. The van der Waals surface area contributed by atoms with E-state index in [2.05, 4.69) is 10.6 Å². The van der Waals surface area contributed by atoms with Gasteiger partial charge in [0.15, 0.2) is 0 Å². The second kappa shape index (κ2) is 8.75. The summed E-state index contributed by atoms with van der Waals surface area (Å²) in [6.07, 6.45) is 1.46. The summed E-state index contributed by atoms with van der Waals surface area (Å²) in [5.74, 6) is -1.58. The first-order valence-corrected chi connectivity index (χ1v) is 8.22. The molecule has 0 saturated carbocycles. The molecule has 0 aliphatic carbocycles. The number of nitrogens with one attached hydrogen (secondary N) is 2. The Labute approximate surface area is 118 Å². The van der Waals surface area contributed by atoms with Crippen molar-refractivity contribution in [2.45, 2.75) is 31.8 Å². The van der Waals surface area contributed by atoms with Crippen LogP contribution in [-0.2, 0) is 19.4 Å². The van der Waals surface area contributed by atoms with Gasteiger partial charge in [0.2, 0.25) is 0 Å². The van der Waals surface area contributed by atoms with Crippen molar-refractivity contribution < 1.29 is 27.9 Å². The molecule has 0 saturated heterocycles. The Kier molecular flexibility index (Phi) is 8.16. The molecule has 9 heteroatoms. The van der Waals surface area contributed by atoms with Gasteiger partial charge in [-0.25, -0.2) is 18.0 Å². The first kappa shape index (κ1) is 18.7. The van der Waals surface area contributed by atoms with E-state index in [0.29, 0.717) is 13.0 Å². The van der Waals surface area contributed by atoms with E-state index in [0.717, 1.165) is 6.26 Å². The molecule has 0 heterocycles. The van der Waals surface area contributed by atoms with Crippen LogP contribution >= 0.6 is 0 Å². The Morgan fingerprint density at radius 2 is 1.90 bits per heavy atom. The number of hydrogen-bond acceptors (Lipinski definition) is 5. The Hall–Kier alpha value is -1.35. The number of ether oxygens (including phenoxy) is 1. The van der Waals surface area contributed by atoms with E-state index in [-0.39, 0.29) is 18.2 Å². The zero-order valence-corrected chi connectivity index (χ0v) is 12.7. The average Bonchev–Trinajstić information content (AvgIpc) is 2.32. The first-order chi connectivity index (χ1) is 9.19. The third-order valence-electron chi connectivity index (χ3n) is 2.58. The molecule has 0 rings (SSSR count). The molecule has 0 spiro atoms. The number of carbonyl (C=O) groups is 2. The fourth-order valence-corrected chi connectivity index (χ4v) is 2.10. The monoisotopic (exact) mass is 310 g/mol. The molecule has 0 aliphatic heterocycles. The van der Waals surface area contributed by atoms with E-state index in [9.17, 15) is 18.0 Å². The maximum Gasteiger partial charge on any atom is 0.326 e. The van der Waals surface area contributed by atoms with Crippen LogP contribution in [-0.4, -0.2) is 63.3 Å². The summed E-state index contributed by atoms with van der Waals surface area (Å²) < 4.78 is 26.9. The summed E-state index contributed by atoms with van der Waals surface area (Å²) in [5.41, 5.74) is 0. The quantitative estimate of drug-likeness (QED) is 0.532. The molecule has 0 fully saturated rings. The van der Waals surface area contributed by atoms with E-state index >= 15 is 0 Å². The number of sulfone groups is 1. The molecule has 20 heavy (non-hydrogen) atoms. The molecule has 0 aliphatic rings. The Balaban J connectivity index is 4.44. The molecule has 2 amide bonds. The van der Waals surface area contributed by atoms with Crippen molar-refractivity contribution in [3.63, 3.8) is 0 Å². The Morgan fingerprint density at radius 1 is 1.30 bits per heavy atom. The lowest BCUT2D eigenvalue weighted by atomic mass is 10.2. The van der Waals surface area contributed by atoms with Crippen molar-refractivity contribution in [1.82, 2.24) is 10.6 Å². The summed E-state index contributed by atoms with van der Waals surface area (Å²) in [5, 5.41) is 13.8. The molecular formula is C11H22N2O6S. The fraction of sp³-hybridized carbons (Fsp3) is 0.818. The molecule has 3 N–H and O–H groups in total. The Morgan fingerprint density at radius 3 is 2.30 bits per heavy atom. The van der Waals surface area contributed by atoms with Gasteiger partial charge in [-0.15, -0.1) is 0 Å². The largest absolute Gasteiger partial charge is 0.480 e. The minimum absolute atomic E-state index is 0.178. The van der Waals surface area contributed by atoms with E-state index in [1.165, 1.54) is 7.11 Å². The Bertz CT molecular complexity index is 423. The van der Waals surface area contributed by atoms with Crippen LogP contribution in [0.5, 0.6) is 0 Å². The topological polar surface area (TPSA) is 122 Å². The number of carbonyl (C=O) groups excluding carboxylic acids is 1. The third-order valence-corrected chi connectivity index (χ3v) is 3.55. The van der Waals surface area contributed by atoms with Gasteiger partial charge in [0.25, 0.3) is 0 Å². The first-order valence-electron chi connectivity index (χ1n) is 6.16. The van der Waals surface area contributed by atoms with E-state index in [4.69, 9.17) is 9.84 Å². The second-order valence-corrected chi connectivity index (χ2v) is 6.75. The van der Waals surface area contributed by atoms with Crippen molar-refractivity contribution in [2.75, 3.05) is 25.7 Å². The van der Waals surface area contributed by atoms with Crippen LogP contribution in [0, 0.1) is 0 Å². The van der Waals surface area contributed by atoms with Gasteiger partial charge in [0, 0.05) is 13.4 Å². The van der Waals surface area contributed by atoms with Gasteiger partial charge < -0.3 is 20.5 Å². The van der Waals surface area contributed by atoms with Crippen LogP contribution in [0.2, 0.25) is 0 Å². The van der Waals surface area contributed by atoms with E-state index < -0.39 is 27.9 Å². The fourth-order valence-electron chi connectivity index (χ4n) is 1.44. The third kappa shape index (κ3) is 8.70. The van der Waals surface area contributed by atoms with Gasteiger partial charge >= 0.3 is 12.0 Å². The predicted octanol–water partition coefficient (Wildman–Crippen LogP) is -0.401. The molecule has 0 aromatic heterocycles. The normalized spacial score (nSPS) is 14.3. The van der Waals surface area contributed by atoms with Crippen molar-refractivity contribution in [2.24, 2.45) is 0 Å². The number of carboxylic acid groups (broad SMARTS) is 1. The van der Waals surface area contributed by atoms with Gasteiger partial charge in [-0.1, -0.05) is 6.92 Å². The highest BCUT2D eigenvalue weighted by atomic mass is 32.2. The molecule has 118 valence electrons. The maximum atomic E-state index is 11.6. The van der Waals surface area contributed by atoms with Crippen molar-refractivity contribution in [1.29, 1.82) is 0 Å². The average molecular weight is 310 g/mol. The zero-order chi connectivity index (χ0) is 15.8. The summed E-state index contributed by atoms with van der Waals surface area (Å²) in [6, 6.07) is -2.14. The van der Waals surface area contributed by atoms with Gasteiger partial charge in [0.1, 0.15) is 15.9 Å². The molecule has 0 aromatic carbocycles. The molecule has 0 aromatic rings. The minimum Gasteiger partial charge on any atom is -0.480 e. The lowest BCUT2D eigenvalue weighted by Crippen LogP contribution is -2.50. The molecule has 8 nitrogen and oxygen atoms in total. The number of amides is 2. The number of rotatable bonds is 9. The lowest BCUT2D eigenvalue weighted by Gasteiger charge is -2.19. The van der Waals surface area contributed by atoms with Crippen LogP contribution < -0.4 is 10.6 Å². The van der Waals surface area contributed by atoms with Crippen LogP contribution in [0.25, 0.3) is 0 Å². The summed E-state index contributed by atoms with van der Waals surface area (Å²) in [4.78, 5) is 22.6. The highest BCUT2D eigenvalue weighted by Crippen LogP contribution is 1.98. The summed E-state index contributed by atoms with van der Waals surface area (Å²) in [6.45, 7) is 2.16. The molecule has 2 atom stereocenters.